The minimum absolute atomic E-state index is 0.0276. The van der Waals surface area contributed by atoms with E-state index in [4.69, 9.17) is 4.74 Å². The molecule has 0 aliphatic carbocycles. The van der Waals surface area contributed by atoms with Crippen LogP contribution in [0.5, 0.6) is 0 Å². The molecule has 2 fully saturated rings. The Morgan fingerprint density at radius 2 is 2.20 bits per heavy atom. The van der Waals surface area contributed by atoms with Crippen molar-refractivity contribution < 1.29 is 14.6 Å². The minimum atomic E-state index is -0.917. The van der Waals surface area contributed by atoms with Crippen molar-refractivity contribution in [1.82, 2.24) is 15.2 Å². The number of nitrogens with zero attached hydrogens (tertiary/aromatic N) is 2. The molecule has 6 heteroatoms. The first-order valence-electron chi connectivity index (χ1n) is 9.46. The molecular formula is C19H29N3O3. The largest absolute Gasteiger partial charge is 0.383 e. The smallest absolute Gasteiger partial charge is 0.317 e. The summed E-state index contributed by atoms with van der Waals surface area (Å²) in [6.45, 7) is 2.71. The Labute approximate surface area is 149 Å². The number of aliphatic hydroxyl groups is 1. The number of nitrogens with one attached hydrogen (secondary N) is 1. The van der Waals surface area contributed by atoms with Gasteiger partial charge in [0, 0.05) is 32.4 Å². The third-order valence-electron chi connectivity index (χ3n) is 5.27. The van der Waals surface area contributed by atoms with E-state index in [1.54, 1.807) is 11.1 Å². The molecule has 0 spiro atoms. The zero-order valence-corrected chi connectivity index (χ0v) is 14.8. The molecule has 2 aliphatic heterocycles. The van der Waals surface area contributed by atoms with E-state index in [0.717, 1.165) is 25.9 Å². The van der Waals surface area contributed by atoms with Crippen molar-refractivity contribution in [2.45, 2.75) is 56.7 Å². The second-order valence-electron chi connectivity index (χ2n) is 7.10. The molecule has 138 valence electrons. The molecule has 25 heavy (non-hydrogen) atoms. The van der Waals surface area contributed by atoms with Crippen LogP contribution in [0, 0.1) is 0 Å². The molecule has 2 amide bonds. The fraction of sp³-hybridized carbons (Fsp3) is 0.684. The number of carbonyl (C=O) groups is 1. The molecule has 2 saturated heterocycles. The standard InChI is InChI=1S/C19H29N3O3/c23-18(21-12-3-1-6-16-7-5-15-25-16)22-13-9-19(24,10-14-22)17-8-2-4-11-20-17/h2,4,8,11,16,24H,1,3,5-7,9-10,12-15H2,(H,21,23). The number of likely N-dealkylation sites (tertiary alicyclic amines) is 1. The summed E-state index contributed by atoms with van der Waals surface area (Å²) in [6, 6.07) is 5.55. The van der Waals surface area contributed by atoms with Gasteiger partial charge in [-0.2, -0.15) is 0 Å². The zero-order chi connectivity index (χ0) is 17.5. The van der Waals surface area contributed by atoms with E-state index in [1.807, 2.05) is 18.2 Å². The van der Waals surface area contributed by atoms with Crippen LogP contribution in [0.4, 0.5) is 4.79 Å². The Bertz CT molecular complexity index is 538. The van der Waals surface area contributed by atoms with E-state index >= 15 is 0 Å². The topological polar surface area (TPSA) is 74.7 Å². The average Bonchev–Trinajstić information content (AvgIpc) is 3.16. The normalized spacial score (nSPS) is 22.8. The number of hydrogen-bond acceptors (Lipinski definition) is 4. The van der Waals surface area contributed by atoms with Gasteiger partial charge in [0.15, 0.2) is 0 Å². The van der Waals surface area contributed by atoms with Gasteiger partial charge in [-0.05, 0) is 57.1 Å². The Morgan fingerprint density at radius 3 is 2.88 bits per heavy atom. The van der Waals surface area contributed by atoms with Crippen LogP contribution in [0.2, 0.25) is 0 Å². The minimum Gasteiger partial charge on any atom is -0.383 e. The number of unbranched alkanes of at least 4 members (excludes halogenated alkanes) is 1. The quantitative estimate of drug-likeness (QED) is 0.775. The summed E-state index contributed by atoms with van der Waals surface area (Å²) in [5, 5.41) is 13.8. The van der Waals surface area contributed by atoms with E-state index in [9.17, 15) is 9.90 Å². The molecule has 3 heterocycles. The molecule has 1 aromatic heterocycles. The van der Waals surface area contributed by atoms with Gasteiger partial charge in [0.25, 0.3) is 0 Å². The molecule has 3 rings (SSSR count). The summed E-state index contributed by atoms with van der Waals surface area (Å²) in [4.78, 5) is 18.3. The Kier molecular flexibility index (Phi) is 6.26. The van der Waals surface area contributed by atoms with Gasteiger partial charge in [0.2, 0.25) is 0 Å². The Balaban J connectivity index is 1.34. The highest BCUT2D eigenvalue weighted by Gasteiger charge is 2.36. The van der Waals surface area contributed by atoms with E-state index < -0.39 is 5.60 Å². The predicted molar refractivity (Wildman–Crippen MR) is 95.2 cm³/mol. The maximum absolute atomic E-state index is 12.3. The van der Waals surface area contributed by atoms with Gasteiger partial charge in [-0.3, -0.25) is 4.98 Å². The predicted octanol–water partition coefficient (Wildman–Crippen LogP) is 2.42. The van der Waals surface area contributed by atoms with Crippen molar-refractivity contribution in [3.05, 3.63) is 30.1 Å². The van der Waals surface area contributed by atoms with Crippen LogP contribution in [-0.2, 0) is 10.3 Å². The van der Waals surface area contributed by atoms with E-state index in [1.165, 1.54) is 12.8 Å². The van der Waals surface area contributed by atoms with E-state index in [2.05, 4.69) is 10.3 Å². The monoisotopic (exact) mass is 347 g/mol. The van der Waals surface area contributed by atoms with Crippen molar-refractivity contribution >= 4 is 6.03 Å². The van der Waals surface area contributed by atoms with Crippen molar-refractivity contribution in [2.75, 3.05) is 26.2 Å². The number of urea groups is 1. The highest BCUT2D eigenvalue weighted by molar-refractivity contribution is 5.74. The number of aromatic nitrogens is 1. The maximum Gasteiger partial charge on any atom is 0.317 e. The van der Waals surface area contributed by atoms with Crippen LogP contribution in [0.25, 0.3) is 0 Å². The van der Waals surface area contributed by atoms with Crippen LogP contribution in [0.15, 0.2) is 24.4 Å². The van der Waals surface area contributed by atoms with Crippen LogP contribution in [-0.4, -0.2) is 53.4 Å². The third-order valence-corrected chi connectivity index (χ3v) is 5.27. The summed E-state index contributed by atoms with van der Waals surface area (Å²) >= 11 is 0. The van der Waals surface area contributed by atoms with Crippen molar-refractivity contribution in [1.29, 1.82) is 0 Å². The lowest BCUT2D eigenvalue weighted by molar-refractivity contribution is -0.0203. The lowest BCUT2D eigenvalue weighted by Gasteiger charge is -2.37. The molecule has 6 nitrogen and oxygen atoms in total. The Morgan fingerprint density at radius 1 is 1.36 bits per heavy atom. The van der Waals surface area contributed by atoms with Gasteiger partial charge in [-0.25, -0.2) is 4.79 Å². The number of rotatable bonds is 6. The first-order chi connectivity index (χ1) is 12.2. The van der Waals surface area contributed by atoms with Gasteiger partial charge in [0.05, 0.1) is 11.8 Å². The molecule has 1 unspecified atom stereocenters. The first-order valence-corrected chi connectivity index (χ1v) is 9.46. The maximum atomic E-state index is 12.3. The molecule has 1 atom stereocenters. The molecule has 0 saturated carbocycles. The SMILES string of the molecule is O=C(NCCCCC1CCCO1)N1CCC(O)(c2ccccn2)CC1. The summed E-state index contributed by atoms with van der Waals surface area (Å²) in [5.74, 6) is 0. The average molecular weight is 347 g/mol. The van der Waals surface area contributed by atoms with Crippen molar-refractivity contribution in [3.63, 3.8) is 0 Å². The third kappa shape index (κ3) is 4.92. The summed E-state index contributed by atoms with van der Waals surface area (Å²) in [6.07, 6.45) is 8.71. The fourth-order valence-electron chi connectivity index (χ4n) is 3.65. The second-order valence-corrected chi connectivity index (χ2v) is 7.10. The zero-order valence-electron chi connectivity index (χ0n) is 14.8. The molecule has 1 aromatic rings. The molecule has 0 radical (unpaired) electrons. The summed E-state index contributed by atoms with van der Waals surface area (Å²) in [7, 11) is 0. The number of pyridine rings is 1. The molecule has 0 bridgehead atoms. The number of ether oxygens (including phenoxy) is 1. The fourth-order valence-corrected chi connectivity index (χ4v) is 3.65. The lowest BCUT2D eigenvalue weighted by atomic mass is 9.88. The second kappa shape index (κ2) is 8.63. The van der Waals surface area contributed by atoms with Gasteiger partial charge in [-0.15, -0.1) is 0 Å². The van der Waals surface area contributed by atoms with Gasteiger partial charge in [-0.1, -0.05) is 6.07 Å². The van der Waals surface area contributed by atoms with E-state index in [0.29, 0.717) is 44.3 Å². The molecular weight excluding hydrogens is 318 g/mol. The van der Waals surface area contributed by atoms with Crippen molar-refractivity contribution in [3.8, 4) is 0 Å². The molecule has 2 N–H and O–H groups in total. The molecule has 0 aromatic carbocycles. The number of piperidine rings is 1. The highest BCUT2D eigenvalue weighted by Crippen LogP contribution is 2.31. The van der Waals surface area contributed by atoms with E-state index in [-0.39, 0.29) is 6.03 Å². The first kappa shape index (κ1) is 18.1. The van der Waals surface area contributed by atoms with Crippen molar-refractivity contribution in [2.24, 2.45) is 0 Å². The van der Waals surface area contributed by atoms with Crippen LogP contribution < -0.4 is 5.32 Å². The Hall–Kier alpha value is -1.66. The summed E-state index contributed by atoms with van der Waals surface area (Å²) < 4.78 is 5.61. The van der Waals surface area contributed by atoms with Gasteiger partial charge < -0.3 is 20.1 Å². The summed E-state index contributed by atoms with van der Waals surface area (Å²) in [5.41, 5.74) is -0.219. The molecule has 2 aliphatic rings. The van der Waals surface area contributed by atoms with Crippen LogP contribution in [0.1, 0.15) is 50.6 Å². The lowest BCUT2D eigenvalue weighted by Crippen LogP contribution is -2.49. The van der Waals surface area contributed by atoms with Gasteiger partial charge in [0.1, 0.15) is 5.60 Å². The van der Waals surface area contributed by atoms with Gasteiger partial charge >= 0.3 is 6.03 Å². The van der Waals surface area contributed by atoms with Crippen LogP contribution >= 0.6 is 0 Å². The van der Waals surface area contributed by atoms with Crippen LogP contribution in [0.3, 0.4) is 0 Å². The number of carbonyl (C=O) groups excluding carboxylic acids is 1. The highest BCUT2D eigenvalue weighted by atomic mass is 16.5. The number of amides is 2. The number of hydrogen-bond donors (Lipinski definition) is 2.